The average Bonchev–Trinajstić information content (AvgIpc) is 3.51. The van der Waals surface area contributed by atoms with Crippen molar-refractivity contribution in [1.29, 1.82) is 0 Å². The number of ether oxygens (including phenoxy) is 1. The zero-order valence-electron chi connectivity index (χ0n) is 20.9. The van der Waals surface area contributed by atoms with Crippen molar-refractivity contribution in [3.8, 4) is 17.1 Å². The SMILES string of the molecule is CCNc1cc2c(cn1)c(-c1cnn(C[C@@H](O)CO)c1)nn2C1CCC(Oc2nc(C)ncc2F)CC1. The van der Waals surface area contributed by atoms with E-state index in [0.29, 0.717) is 5.82 Å². The van der Waals surface area contributed by atoms with E-state index in [9.17, 15) is 9.50 Å². The zero-order valence-corrected chi connectivity index (χ0v) is 20.9. The van der Waals surface area contributed by atoms with Gasteiger partial charge in [0.25, 0.3) is 5.88 Å². The predicted molar refractivity (Wildman–Crippen MR) is 135 cm³/mol. The number of aliphatic hydroxyl groups excluding tert-OH is 2. The number of aromatic nitrogens is 7. The molecule has 3 N–H and O–H groups in total. The molecule has 0 amide bonds. The van der Waals surface area contributed by atoms with Crippen LogP contribution < -0.4 is 10.1 Å². The molecule has 0 radical (unpaired) electrons. The Kier molecular flexibility index (Phi) is 7.28. The lowest BCUT2D eigenvalue weighted by atomic mass is 9.93. The fourth-order valence-corrected chi connectivity index (χ4v) is 4.74. The maximum atomic E-state index is 14.1. The maximum absolute atomic E-state index is 14.1. The number of pyridine rings is 1. The first kappa shape index (κ1) is 25.0. The summed E-state index contributed by atoms with van der Waals surface area (Å²) < 4.78 is 23.6. The minimum atomic E-state index is -0.886. The van der Waals surface area contributed by atoms with Gasteiger partial charge in [0.15, 0.2) is 0 Å². The van der Waals surface area contributed by atoms with Gasteiger partial charge in [0.05, 0.1) is 43.2 Å². The van der Waals surface area contributed by atoms with Crippen LogP contribution in [0.1, 0.15) is 44.5 Å². The Balaban J connectivity index is 1.40. The monoisotopic (exact) mass is 510 g/mol. The molecule has 12 heteroatoms. The van der Waals surface area contributed by atoms with Crippen molar-refractivity contribution >= 4 is 16.7 Å². The van der Waals surface area contributed by atoms with Gasteiger partial charge in [0.1, 0.15) is 23.4 Å². The predicted octanol–water partition coefficient (Wildman–Crippen LogP) is 2.88. The number of rotatable bonds is 9. The molecule has 0 saturated heterocycles. The lowest BCUT2D eigenvalue weighted by molar-refractivity contribution is 0.0783. The summed E-state index contributed by atoms with van der Waals surface area (Å²) in [7, 11) is 0. The second-order valence-electron chi connectivity index (χ2n) is 9.32. The van der Waals surface area contributed by atoms with E-state index in [4.69, 9.17) is 14.9 Å². The van der Waals surface area contributed by atoms with Gasteiger partial charge in [-0.1, -0.05) is 0 Å². The van der Waals surface area contributed by atoms with Crippen LogP contribution >= 0.6 is 0 Å². The molecule has 1 atom stereocenters. The summed E-state index contributed by atoms with van der Waals surface area (Å²) in [6.07, 6.45) is 8.58. The molecule has 0 aliphatic heterocycles. The third kappa shape index (κ3) is 5.39. The molecule has 0 aromatic carbocycles. The molecule has 196 valence electrons. The number of hydrogen-bond donors (Lipinski definition) is 3. The van der Waals surface area contributed by atoms with E-state index in [1.807, 2.05) is 25.4 Å². The molecule has 5 rings (SSSR count). The Hall–Kier alpha value is -3.64. The summed E-state index contributed by atoms with van der Waals surface area (Å²) >= 11 is 0. The van der Waals surface area contributed by atoms with Crippen LogP contribution in [0.5, 0.6) is 5.88 Å². The highest BCUT2D eigenvalue weighted by Crippen LogP contribution is 2.36. The molecule has 0 bridgehead atoms. The van der Waals surface area contributed by atoms with E-state index in [-0.39, 0.29) is 31.2 Å². The molecule has 37 heavy (non-hydrogen) atoms. The molecule has 1 aliphatic rings. The molecule has 1 fully saturated rings. The molecule has 4 aromatic heterocycles. The van der Waals surface area contributed by atoms with Crippen LogP contribution in [0.3, 0.4) is 0 Å². The first-order valence-corrected chi connectivity index (χ1v) is 12.5. The van der Waals surface area contributed by atoms with Gasteiger partial charge in [-0.2, -0.15) is 19.6 Å². The van der Waals surface area contributed by atoms with Gasteiger partial charge in [-0.15, -0.1) is 0 Å². The first-order valence-electron chi connectivity index (χ1n) is 12.5. The highest BCUT2D eigenvalue weighted by molar-refractivity contribution is 5.93. The third-order valence-corrected chi connectivity index (χ3v) is 6.57. The molecule has 4 heterocycles. The largest absolute Gasteiger partial charge is 0.472 e. The fourth-order valence-electron chi connectivity index (χ4n) is 4.74. The second kappa shape index (κ2) is 10.8. The van der Waals surface area contributed by atoms with E-state index < -0.39 is 11.9 Å². The molecule has 11 nitrogen and oxygen atoms in total. The summed E-state index contributed by atoms with van der Waals surface area (Å²) in [6.45, 7) is 4.33. The van der Waals surface area contributed by atoms with Crippen LogP contribution in [-0.2, 0) is 6.54 Å². The third-order valence-electron chi connectivity index (χ3n) is 6.57. The number of nitrogens with zero attached hydrogens (tertiary/aromatic N) is 7. The van der Waals surface area contributed by atoms with Crippen LogP contribution in [0, 0.1) is 12.7 Å². The highest BCUT2D eigenvalue weighted by Gasteiger charge is 2.28. The van der Waals surface area contributed by atoms with Crippen molar-refractivity contribution in [2.75, 3.05) is 18.5 Å². The summed E-state index contributed by atoms with van der Waals surface area (Å²) in [6, 6.07) is 2.15. The number of halogens is 1. The van der Waals surface area contributed by atoms with Crippen molar-refractivity contribution in [2.24, 2.45) is 0 Å². The van der Waals surface area contributed by atoms with Crippen molar-refractivity contribution < 1.29 is 19.3 Å². The maximum Gasteiger partial charge on any atom is 0.254 e. The number of hydrogen-bond acceptors (Lipinski definition) is 9. The molecule has 0 spiro atoms. The van der Waals surface area contributed by atoms with E-state index in [0.717, 1.165) is 66.4 Å². The minimum absolute atomic E-state index is 0.00691. The zero-order chi connectivity index (χ0) is 25.9. The van der Waals surface area contributed by atoms with Crippen molar-refractivity contribution in [2.45, 2.75) is 64.3 Å². The van der Waals surface area contributed by atoms with Crippen LogP contribution in [0.4, 0.5) is 10.2 Å². The van der Waals surface area contributed by atoms with Gasteiger partial charge in [-0.05, 0) is 39.5 Å². The average molecular weight is 511 g/mol. The fraction of sp³-hybridized carbons (Fsp3) is 0.480. The van der Waals surface area contributed by atoms with E-state index in [1.165, 1.54) is 0 Å². The number of anilines is 1. The standard InChI is InChI=1S/C25H31FN8O3/c1-3-27-23-8-22-20(10-29-23)24(16-9-30-33(12-16)13-18(36)14-35)32-34(22)17-4-6-19(7-5-17)37-25-21(26)11-28-15(2)31-25/h8-12,17-19,35-36H,3-7,13-14H2,1-2H3,(H,27,29)/t17?,18-,19?/m1/s1. The second-order valence-corrected chi connectivity index (χ2v) is 9.32. The lowest BCUT2D eigenvalue weighted by Crippen LogP contribution is -2.27. The number of fused-ring (bicyclic) bond motifs is 1. The molecular formula is C25H31FN8O3. The number of aryl methyl sites for hydroxylation is 1. The summed E-state index contributed by atoms with van der Waals surface area (Å²) in [5, 5.41) is 32.4. The number of aliphatic hydroxyl groups is 2. The summed E-state index contributed by atoms with van der Waals surface area (Å²) in [5.41, 5.74) is 2.52. The summed E-state index contributed by atoms with van der Waals surface area (Å²) in [5.74, 6) is 0.703. The molecule has 0 unspecified atom stereocenters. The Labute approximate surface area is 213 Å². The molecule has 1 saturated carbocycles. The van der Waals surface area contributed by atoms with Crippen LogP contribution in [-0.4, -0.2) is 70.1 Å². The van der Waals surface area contributed by atoms with Crippen molar-refractivity contribution in [3.63, 3.8) is 0 Å². The van der Waals surface area contributed by atoms with Crippen LogP contribution in [0.25, 0.3) is 22.2 Å². The highest BCUT2D eigenvalue weighted by atomic mass is 19.1. The Bertz CT molecular complexity index is 1370. The van der Waals surface area contributed by atoms with Crippen molar-refractivity contribution in [1.82, 2.24) is 34.5 Å². The van der Waals surface area contributed by atoms with E-state index in [2.05, 4.69) is 30.0 Å². The lowest BCUT2D eigenvalue weighted by Gasteiger charge is -2.29. The Morgan fingerprint density at radius 3 is 2.76 bits per heavy atom. The van der Waals surface area contributed by atoms with Crippen molar-refractivity contribution in [3.05, 3.63) is 42.5 Å². The molecule has 1 aliphatic carbocycles. The topological polar surface area (TPSA) is 136 Å². The number of nitrogens with one attached hydrogen (secondary N) is 1. The van der Waals surface area contributed by atoms with Gasteiger partial charge in [-0.25, -0.2) is 9.97 Å². The smallest absolute Gasteiger partial charge is 0.254 e. The van der Waals surface area contributed by atoms with Gasteiger partial charge in [0.2, 0.25) is 5.82 Å². The van der Waals surface area contributed by atoms with Gasteiger partial charge >= 0.3 is 0 Å². The van der Waals surface area contributed by atoms with Gasteiger partial charge in [-0.3, -0.25) is 9.36 Å². The quantitative estimate of drug-likeness (QED) is 0.310. The minimum Gasteiger partial charge on any atom is -0.472 e. The molecule has 4 aromatic rings. The Morgan fingerprint density at radius 1 is 1.19 bits per heavy atom. The van der Waals surface area contributed by atoms with Crippen LogP contribution in [0.2, 0.25) is 0 Å². The van der Waals surface area contributed by atoms with Crippen LogP contribution in [0.15, 0.2) is 30.9 Å². The summed E-state index contributed by atoms with van der Waals surface area (Å²) in [4.78, 5) is 12.5. The van der Waals surface area contributed by atoms with Gasteiger partial charge < -0.3 is 20.3 Å². The van der Waals surface area contributed by atoms with E-state index in [1.54, 1.807) is 17.8 Å². The first-order chi connectivity index (χ1) is 17.9. The normalized spacial score (nSPS) is 18.7. The van der Waals surface area contributed by atoms with E-state index >= 15 is 0 Å². The molecular weight excluding hydrogens is 479 g/mol. The van der Waals surface area contributed by atoms with Gasteiger partial charge in [0, 0.05) is 36.0 Å². The Morgan fingerprint density at radius 2 is 2.00 bits per heavy atom.